The van der Waals surface area contributed by atoms with Crippen LogP contribution in [-0.4, -0.2) is 52.6 Å². The average molecular weight is 387 g/mol. The van der Waals surface area contributed by atoms with Crippen molar-refractivity contribution in [3.8, 4) is 0 Å². The number of sulfonamides is 1. The van der Waals surface area contributed by atoms with Gasteiger partial charge in [-0.2, -0.15) is 9.40 Å². The van der Waals surface area contributed by atoms with E-state index in [1.165, 1.54) is 4.31 Å². The van der Waals surface area contributed by atoms with Crippen LogP contribution in [0.4, 0.5) is 5.69 Å². The molecule has 1 aromatic carbocycles. The molecule has 1 amide bonds. The van der Waals surface area contributed by atoms with Crippen LogP contribution < -0.4 is 4.90 Å². The first-order valence-electron chi connectivity index (χ1n) is 8.64. The second-order valence-electron chi connectivity index (χ2n) is 6.75. The molecular weight excluding hydrogens is 366 g/mol. The molecule has 0 unspecified atom stereocenters. The molecule has 0 spiro atoms. The number of nitrogens with zero attached hydrogens (tertiary/aromatic N) is 5. The number of carbonyl (C=O) groups is 1. The van der Waals surface area contributed by atoms with E-state index in [9.17, 15) is 13.2 Å². The van der Waals surface area contributed by atoms with E-state index >= 15 is 0 Å². The number of para-hydroxylation sites is 1. The lowest BCUT2D eigenvalue weighted by Crippen LogP contribution is -2.52. The van der Waals surface area contributed by atoms with Crippen LogP contribution in [0.2, 0.25) is 0 Å². The zero-order valence-corrected chi connectivity index (χ0v) is 16.3. The molecule has 0 N–H and O–H groups in total. The van der Waals surface area contributed by atoms with Crippen molar-refractivity contribution in [2.24, 2.45) is 14.1 Å². The van der Waals surface area contributed by atoms with E-state index in [4.69, 9.17) is 0 Å². The molecule has 9 heteroatoms. The Balaban J connectivity index is 1.69. The summed E-state index contributed by atoms with van der Waals surface area (Å²) in [6, 6.07) is 7.41. The van der Waals surface area contributed by atoms with E-state index in [1.807, 2.05) is 35.9 Å². The predicted octanol–water partition coefficient (Wildman–Crippen LogP) is 1.26. The molecule has 3 heterocycles. The zero-order chi connectivity index (χ0) is 19.3. The maximum Gasteiger partial charge on any atom is 0.246 e. The molecule has 27 heavy (non-hydrogen) atoms. The number of benzene rings is 1. The molecule has 1 aliphatic rings. The number of rotatable bonds is 3. The van der Waals surface area contributed by atoms with Gasteiger partial charge >= 0.3 is 0 Å². The molecule has 8 nitrogen and oxygen atoms in total. The summed E-state index contributed by atoms with van der Waals surface area (Å²) >= 11 is 0. The third kappa shape index (κ3) is 2.74. The highest BCUT2D eigenvalue weighted by molar-refractivity contribution is 7.89. The van der Waals surface area contributed by atoms with E-state index in [0.29, 0.717) is 23.3 Å². The smallest absolute Gasteiger partial charge is 0.246 e. The molecule has 1 saturated heterocycles. The lowest BCUT2D eigenvalue weighted by Gasteiger charge is -2.32. The Hall–Kier alpha value is -2.65. The van der Waals surface area contributed by atoms with E-state index in [1.54, 1.807) is 35.9 Å². The minimum Gasteiger partial charge on any atom is -0.347 e. The van der Waals surface area contributed by atoms with Gasteiger partial charge in [0, 0.05) is 50.0 Å². The molecule has 0 saturated carbocycles. The molecule has 4 rings (SSSR count). The first-order chi connectivity index (χ1) is 12.8. The summed E-state index contributed by atoms with van der Waals surface area (Å²) in [4.78, 5) is 14.5. The second kappa shape index (κ2) is 6.21. The third-order valence-corrected chi connectivity index (χ3v) is 7.15. The van der Waals surface area contributed by atoms with Crippen LogP contribution in [0.1, 0.15) is 5.69 Å². The van der Waals surface area contributed by atoms with Gasteiger partial charge in [0.2, 0.25) is 15.9 Å². The van der Waals surface area contributed by atoms with Crippen molar-refractivity contribution in [3.05, 3.63) is 42.4 Å². The van der Waals surface area contributed by atoms with Gasteiger partial charge in [0.15, 0.2) is 0 Å². The maximum absolute atomic E-state index is 13.4. The Morgan fingerprint density at radius 3 is 2.52 bits per heavy atom. The summed E-state index contributed by atoms with van der Waals surface area (Å²) in [7, 11) is -0.162. The highest BCUT2D eigenvalue weighted by Gasteiger charge is 2.36. The summed E-state index contributed by atoms with van der Waals surface area (Å²) in [6.07, 6.45) is 3.35. The first kappa shape index (κ1) is 17.7. The minimum absolute atomic E-state index is 0.181. The molecule has 0 atom stereocenters. The topological polar surface area (TPSA) is 80.4 Å². The summed E-state index contributed by atoms with van der Waals surface area (Å²) in [5, 5.41) is 4.76. The van der Waals surface area contributed by atoms with Crippen LogP contribution in [0.15, 0.2) is 41.6 Å². The molecule has 0 aliphatic carbocycles. The fourth-order valence-electron chi connectivity index (χ4n) is 3.62. The Kier molecular flexibility index (Phi) is 4.08. The van der Waals surface area contributed by atoms with Crippen molar-refractivity contribution in [1.82, 2.24) is 18.7 Å². The number of carbonyl (C=O) groups excluding carboxylic acids is 1. The van der Waals surface area contributed by atoms with Crippen molar-refractivity contribution in [1.29, 1.82) is 0 Å². The molecule has 0 bridgehead atoms. The van der Waals surface area contributed by atoms with Gasteiger partial charge in [-0.15, -0.1) is 0 Å². The molecule has 142 valence electrons. The Bertz CT molecular complexity index is 1150. The summed E-state index contributed by atoms with van der Waals surface area (Å²) in [5.41, 5.74) is 2.20. The monoisotopic (exact) mass is 387 g/mol. The third-order valence-electron chi connectivity index (χ3n) is 5.13. The van der Waals surface area contributed by atoms with Gasteiger partial charge in [0.05, 0.1) is 18.4 Å². The Morgan fingerprint density at radius 1 is 1.11 bits per heavy atom. The number of hydrogen-bond donors (Lipinski definition) is 0. The number of hydrogen-bond acceptors (Lipinski definition) is 4. The van der Waals surface area contributed by atoms with E-state index in [-0.39, 0.29) is 23.9 Å². The number of aryl methyl sites for hydroxylation is 2. The molecule has 1 fully saturated rings. The van der Waals surface area contributed by atoms with Crippen molar-refractivity contribution in [2.75, 3.05) is 24.5 Å². The standard InChI is InChI=1S/C18H21N5O3S/c1-13-18(15-6-4-5-7-16(15)21(13)3)27(25,26)22-8-9-23(17(24)12-22)14-10-19-20(2)11-14/h4-7,10-11H,8-9,12H2,1-3H3. The summed E-state index contributed by atoms with van der Waals surface area (Å²) < 4.78 is 31.5. The summed E-state index contributed by atoms with van der Waals surface area (Å²) in [5.74, 6) is -0.254. The number of fused-ring (bicyclic) bond motifs is 1. The van der Waals surface area contributed by atoms with Crippen molar-refractivity contribution in [2.45, 2.75) is 11.8 Å². The molecule has 1 aliphatic heterocycles. The van der Waals surface area contributed by atoms with E-state index in [0.717, 1.165) is 5.52 Å². The lowest BCUT2D eigenvalue weighted by atomic mass is 10.2. The number of piperazine rings is 1. The predicted molar refractivity (Wildman–Crippen MR) is 102 cm³/mol. The van der Waals surface area contributed by atoms with Crippen molar-refractivity contribution >= 4 is 32.5 Å². The quantitative estimate of drug-likeness (QED) is 0.678. The number of anilines is 1. The van der Waals surface area contributed by atoms with Gasteiger partial charge in [-0.1, -0.05) is 18.2 Å². The van der Waals surface area contributed by atoms with E-state index < -0.39 is 10.0 Å². The summed E-state index contributed by atoms with van der Waals surface area (Å²) in [6.45, 7) is 2.15. The number of amides is 1. The largest absolute Gasteiger partial charge is 0.347 e. The zero-order valence-electron chi connectivity index (χ0n) is 15.5. The van der Waals surface area contributed by atoms with Crippen molar-refractivity contribution < 1.29 is 13.2 Å². The highest BCUT2D eigenvalue weighted by atomic mass is 32.2. The van der Waals surface area contributed by atoms with Crippen LogP contribution in [0.3, 0.4) is 0 Å². The molecule has 2 aromatic heterocycles. The van der Waals surface area contributed by atoms with E-state index in [2.05, 4.69) is 5.10 Å². The Labute approximate surface area is 157 Å². The first-order valence-corrected chi connectivity index (χ1v) is 10.1. The van der Waals surface area contributed by atoms with Gasteiger partial charge in [0.1, 0.15) is 4.90 Å². The van der Waals surface area contributed by atoms with Gasteiger partial charge in [-0.3, -0.25) is 9.48 Å². The number of aromatic nitrogens is 3. The van der Waals surface area contributed by atoms with Gasteiger partial charge in [0.25, 0.3) is 0 Å². The van der Waals surface area contributed by atoms with Gasteiger partial charge < -0.3 is 9.47 Å². The molecular formula is C18H21N5O3S. The molecule has 3 aromatic rings. The average Bonchev–Trinajstić information content (AvgIpc) is 3.17. The highest BCUT2D eigenvalue weighted by Crippen LogP contribution is 2.32. The van der Waals surface area contributed by atoms with Crippen LogP contribution in [-0.2, 0) is 28.9 Å². The van der Waals surface area contributed by atoms with Crippen LogP contribution in [0, 0.1) is 6.92 Å². The van der Waals surface area contributed by atoms with Crippen LogP contribution in [0.25, 0.3) is 10.9 Å². The normalized spacial score (nSPS) is 16.4. The van der Waals surface area contributed by atoms with Gasteiger partial charge in [-0.25, -0.2) is 8.42 Å². The second-order valence-corrected chi connectivity index (χ2v) is 8.62. The maximum atomic E-state index is 13.4. The van der Waals surface area contributed by atoms with Crippen LogP contribution >= 0.6 is 0 Å². The fraction of sp³-hybridized carbons (Fsp3) is 0.333. The van der Waals surface area contributed by atoms with Crippen molar-refractivity contribution in [3.63, 3.8) is 0 Å². The Morgan fingerprint density at radius 2 is 1.85 bits per heavy atom. The SMILES string of the molecule is Cc1c(S(=O)(=O)N2CCN(c3cnn(C)c3)C(=O)C2)c2ccccc2n1C. The minimum atomic E-state index is -3.79. The molecule has 0 radical (unpaired) electrons. The lowest BCUT2D eigenvalue weighted by molar-refractivity contribution is -0.119. The van der Waals surface area contributed by atoms with Gasteiger partial charge in [-0.05, 0) is 13.0 Å². The van der Waals surface area contributed by atoms with Crippen LogP contribution in [0.5, 0.6) is 0 Å². The fourth-order valence-corrected chi connectivity index (χ4v) is 5.44.